The van der Waals surface area contributed by atoms with E-state index in [1.165, 1.54) is 11.7 Å². The molecule has 7 nitrogen and oxygen atoms in total. The van der Waals surface area contributed by atoms with Crippen molar-refractivity contribution in [2.24, 2.45) is 0 Å². The van der Waals surface area contributed by atoms with Gasteiger partial charge in [-0.1, -0.05) is 0 Å². The predicted molar refractivity (Wildman–Crippen MR) is 97.8 cm³/mol. The number of anilines is 2. The second-order valence-electron chi connectivity index (χ2n) is 7.04. The minimum atomic E-state index is -4.46. The number of nitrogens with one attached hydrogen (secondary N) is 1. The Morgan fingerprint density at radius 3 is 2.64 bits per heavy atom. The Balaban J connectivity index is 2.06. The van der Waals surface area contributed by atoms with Crippen molar-refractivity contribution in [3.8, 4) is 11.3 Å². The third-order valence-corrected chi connectivity index (χ3v) is 4.86. The van der Waals surface area contributed by atoms with Crippen molar-refractivity contribution in [3.63, 3.8) is 0 Å². The van der Waals surface area contributed by atoms with E-state index < -0.39 is 24.8 Å². The summed E-state index contributed by atoms with van der Waals surface area (Å²) in [6.07, 6.45) is -4.69. The van der Waals surface area contributed by atoms with Crippen LogP contribution < -0.4 is 11.1 Å². The highest BCUT2D eigenvalue weighted by Crippen LogP contribution is 2.35. The Hall–Kier alpha value is -2.43. The lowest BCUT2D eigenvalue weighted by Crippen LogP contribution is -2.40. The number of likely N-dealkylation sites (tertiary alicyclic amines) is 1. The highest BCUT2D eigenvalue weighted by Gasteiger charge is 2.34. The summed E-state index contributed by atoms with van der Waals surface area (Å²) >= 11 is 0. The van der Waals surface area contributed by atoms with Crippen molar-refractivity contribution in [2.45, 2.75) is 38.2 Å². The normalized spacial score (nSPS) is 21.1. The van der Waals surface area contributed by atoms with Gasteiger partial charge in [-0.15, -0.1) is 0 Å². The van der Waals surface area contributed by atoms with Crippen molar-refractivity contribution in [3.05, 3.63) is 17.5 Å². The topological polar surface area (TPSA) is 84.9 Å². The molecule has 0 bridgehead atoms. The van der Waals surface area contributed by atoms with Crippen molar-refractivity contribution in [1.82, 2.24) is 24.6 Å². The average molecular weight is 401 g/mol. The number of piperidine rings is 1. The molecule has 0 saturated carbocycles. The Morgan fingerprint density at radius 1 is 1.32 bits per heavy atom. The van der Waals surface area contributed by atoms with E-state index in [2.05, 4.69) is 20.4 Å². The van der Waals surface area contributed by atoms with Gasteiger partial charge in [-0.05, 0) is 20.4 Å². The molecule has 2 aromatic rings. The van der Waals surface area contributed by atoms with Gasteiger partial charge < -0.3 is 16.0 Å². The summed E-state index contributed by atoms with van der Waals surface area (Å²) in [4.78, 5) is 9.82. The first-order chi connectivity index (χ1) is 13.1. The highest BCUT2D eigenvalue weighted by atomic mass is 19.4. The van der Waals surface area contributed by atoms with E-state index >= 15 is 0 Å². The van der Waals surface area contributed by atoms with Gasteiger partial charge in [-0.2, -0.15) is 23.3 Å². The second kappa shape index (κ2) is 7.53. The first-order valence-electron chi connectivity index (χ1n) is 8.88. The summed E-state index contributed by atoms with van der Waals surface area (Å²) in [5.74, 6) is -0.144. The van der Waals surface area contributed by atoms with E-state index in [0.717, 1.165) is 0 Å². The monoisotopic (exact) mass is 401 g/mol. The summed E-state index contributed by atoms with van der Waals surface area (Å²) in [6.45, 7) is 2.65. The van der Waals surface area contributed by atoms with Gasteiger partial charge in [0.25, 0.3) is 0 Å². The molecule has 1 aliphatic rings. The second-order valence-corrected chi connectivity index (χ2v) is 7.04. The summed E-state index contributed by atoms with van der Waals surface area (Å²) in [5, 5.41) is 7.01. The maximum atomic E-state index is 14.5. The molecule has 0 amide bonds. The fourth-order valence-electron chi connectivity index (χ4n) is 3.52. The summed E-state index contributed by atoms with van der Waals surface area (Å²) in [7, 11) is 3.31. The van der Waals surface area contributed by atoms with Crippen LogP contribution in [0.15, 0.2) is 6.20 Å². The molecule has 0 radical (unpaired) electrons. The van der Waals surface area contributed by atoms with Gasteiger partial charge in [-0.25, -0.2) is 9.37 Å². The quantitative estimate of drug-likeness (QED) is 0.766. The molecule has 1 saturated heterocycles. The third kappa shape index (κ3) is 4.18. The number of halogens is 4. The number of aryl methyl sites for hydroxylation is 1. The van der Waals surface area contributed by atoms with Crippen LogP contribution in [-0.2, 0) is 6.42 Å². The zero-order valence-electron chi connectivity index (χ0n) is 15.9. The minimum absolute atomic E-state index is 0.00892. The molecule has 1 aliphatic heterocycles. The number of nitrogens with zero attached hydrogens (tertiary/aromatic N) is 5. The number of hydrogen-bond acceptors (Lipinski definition) is 6. The molecular weight excluding hydrogens is 378 g/mol. The molecular formula is C17H23F4N7. The zero-order chi connectivity index (χ0) is 20.6. The maximum Gasteiger partial charge on any atom is 0.393 e. The summed E-state index contributed by atoms with van der Waals surface area (Å²) in [5.41, 5.74) is 6.48. The highest BCUT2D eigenvalue weighted by molar-refractivity contribution is 5.71. The Labute approximate surface area is 159 Å². The number of rotatable bonds is 4. The van der Waals surface area contributed by atoms with Gasteiger partial charge >= 0.3 is 6.18 Å². The van der Waals surface area contributed by atoms with Gasteiger partial charge in [0.1, 0.15) is 12.0 Å². The molecule has 2 aromatic heterocycles. The van der Waals surface area contributed by atoms with E-state index in [4.69, 9.17) is 5.73 Å². The van der Waals surface area contributed by atoms with Crippen LogP contribution in [0.4, 0.5) is 29.3 Å². The number of alkyl halides is 4. The van der Waals surface area contributed by atoms with Crippen LogP contribution in [0, 0.1) is 6.92 Å². The van der Waals surface area contributed by atoms with E-state index in [0.29, 0.717) is 24.2 Å². The number of hydrogen-bond donors (Lipinski definition) is 2. The van der Waals surface area contributed by atoms with E-state index in [9.17, 15) is 17.6 Å². The Morgan fingerprint density at radius 2 is 2.04 bits per heavy atom. The van der Waals surface area contributed by atoms with Crippen LogP contribution in [0.3, 0.4) is 0 Å². The molecule has 0 aliphatic carbocycles. The van der Waals surface area contributed by atoms with Crippen LogP contribution in [0.2, 0.25) is 0 Å². The van der Waals surface area contributed by atoms with Gasteiger partial charge in [0.2, 0.25) is 5.95 Å². The Bertz CT molecular complexity index is 849. The van der Waals surface area contributed by atoms with Crippen LogP contribution in [0.1, 0.15) is 23.7 Å². The van der Waals surface area contributed by atoms with Gasteiger partial charge in [-0.3, -0.25) is 4.68 Å². The first kappa shape index (κ1) is 20.3. The molecule has 3 N–H and O–H groups in total. The fraction of sp³-hybridized carbons (Fsp3) is 0.588. The van der Waals surface area contributed by atoms with Crippen LogP contribution >= 0.6 is 0 Å². The minimum Gasteiger partial charge on any atom is -0.373 e. The van der Waals surface area contributed by atoms with Gasteiger partial charge in [0.15, 0.2) is 0 Å². The van der Waals surface area contributed by atoms with Crippen LogP contribution in [0.5, 0.6) is 0 Å². The average Bonchev–Trinajstić information content (AvgIpc) is 2.96. The van der Waals surface area contributed by atoms with Crippen molar-refractivity contribution >= 4 is 11.8 Å². The molecule has 0 aromatic carbocycles. The summed E-state index contributed by atoms with van der Waals surface area (Å²) < 4.78 is 55.4. The van der Waals surface area contributed by atoms with Gasteiger partial charge in [0.05, 0.1) is 23.9 Å². The predicted octanol–water partition coefficient (Wildman–Crippen LogP) is 2.59. The van der Waals surface area contributed by atoms with Crippen molar-refractivity contribution in [2.75, 3.05) is 38.2 Å². The van der Waals surface area contributed by atoms with Crippen molar-refractivity contribution < 1.29 is 17.6 Å². The fourth-order valence-corrected chi connectivity index (χ4v) is 3.52. The molecule has 3 rings (SSSR count). The van der Waals surface area contributed by atoms with Crippen molar-refractivity contribution in [1.29, 1.82) is 0 Å². The SMILES string of the molecule is CNc1nc(N)nc(-c2cn(C3CCN(C)CC3F)nc2C)c1CC(F)(F)F. The lowest BCUT2D eigenvalue weighted by molar-refractivity contribution is -0.127. The molecule has 3 heterocycles. The largest absolute Gasteiger partial charge is 0.393 e. The lowest BCUT2D eigenvalue weighted by Gasteiger charge is -2.32. The molecule has 0 spiro atoms. The first-order valence-corrected chi connectivity index (χ1v) is 8.88. The maximum absolute atomic E-state index is 14.5. The molecule has 1 fully saturated rings. The molecule has 28 heavy (non-hydrogen) atoms. The zero-order valence-corrected chi connectivity index (χ0v) is 15.9. The number of nitrogen functional groups attached to an aromatic ring is 1. The number of aromatic nitrogens is 4. The molecule has 11 heteroatoms. The molecule has 2 unspecified atom stereocenters. The van der Waals surface area contributed by atoms with Gasteiger partial charge in [0, 0.05) is 37.5 Å². The Kier molecular flexibility index (Phi) is 5.46. The van der Waals surface area contributed by atoms with E-state index in [1.807, 2.05) is 11.9 Å². The molecule has 154 valence electrons. The lowest BCUT2D eigenvalue weighted by atomic mass is 10.0. The summed E-state index contributed by atoms with van der Waals surface area (Å²) in [6, 6.07) is -0.474. The van der Waals surface area contributed by atoms with E-state index in [-0.39, 0.29) is 29.6 Å². The number of nitrogens with two attached hydrogens (primary N) is 1. The van der Waals surface area contributed by atoms with E-state index in [1.54, 1.807) is 13.1 Å². The van der Waals surface area contributed by atoms with Crippen LogP contribution in [-0.4, -0.2) is 64.2 Å². The smallest absolute Gasteiger partial charge is 0.373 e. The van der Waals surface area contributed by atoms with Crippen LogP contribution in [0.25, 0.3) is 11.3 Å². The standard InChI is InChI=1S/C17H23F4N7/c1-9-11(7-28(26-9)13-4-5-27(3)8-12(13)18)14-10(6-17(19,20)21)15(23-2)25-16(22)24-14/h7,12-13H,4-6,8H2,1-3H3,(H3,22,23,24,25). The molecule has 2 atom stereocenters. The third-order valence-electron chi connectivity index (χ3n) is 4.86.